The molecule has 0 unspecified atom stereocenters. The van der Waals surface area contributed by atoms with Crippen LogP contribution in [-0.4, -0.2) is 23.5 Å². The third kappa shape index (κ3) is 1.16. The lowest BCUT2D eigenvalue weighted by molar-refractivity contribution is 0.922. The maximum Gasteiger partial charge on any atom is 0.179 e. The standard InChI is InChI=1S/C10H7BrN4/c1-15-10-8-6(5-12-15)3-2-4-7(8)9(11)13-14-10/h2-5H,1H3. The summed E-state index contributed by atoms with van der Waals surface area (Å²) in [6, 6.07) is 6.04. The molecule has 2 heterocycles. The molecule has 0 fully saturated rings. The first-order valence-electron chi connectivity index (χ1n) is 4.50. The smallest absolute Gasteiger partial charge is 0.179 e. The quantitative estimate of drug-likeness (QED) is 0.731. The molecular weight excluding hydrogens is 256 g/mol. The minimum Gasteiger partial charge on any atom is -0.249 e. The van der Waals surface area contributed by atoms with Crippen LogP contribution in [0.1, 0.15) is 5.56 Å². The maximum absolute atomic E-state index is 4.22. The van der Waals surface area contributed by atoms with Crippen molar-refractivity contribution in [2.45, 2.75) is 0 Å². The summed E-state index contributed by atoms with van der Waals surface area (Å²) in [5.41, 5.74) is 1.08. The van der Waals surface area contributed by atoms with Gasteiger partial charge in [0.2, 0.25) is 0 Å². The molecule has 0 radical (unpaired) electrons. The fourth-order valence-corrected chi connectivity index (χ4v) is 2.13. The summed E-state index contributed by atoms with van der Waals surface area (Å²) in [5, 5.41) is 16.3. The fraction of sp³-hybridized carbons (Fsp3) is 0.100. The lowest BCUT2D eigenvalue weighted by Gasteiger charge is -2.19. The molecule has 0 saturated heterocycles. The average Bonchev–Trinajstić information content (AvgIpc) is 2.26. The molecule has 0 bridgehead atoms. The first-order chi connectivity index (χ1) is 7.27. The second kappa shape index (κ2) is 3.00. The summed E-state index contributed by atoms with van der Waals surface area (Å²) in [6.45, 7) is 0. The molecule has 0 amide bonds. The van der Waals surface area contributed by atoms with Gasteiger partial charge in [-0.05, 0) is 15.9 Å². The van der Waals surface area contributed by atoms with Gasteiger partial charge in [0.1, 0.15) is 4.60 Å². The Hall–Kier alpha value is -1.49. The Bertz CT molecular complexity index is 579. The summed E-state index contributed by atoms with van der Waals surface area (Å²) in [5.74, 6) is 0.798. The average molecular weight is 263 g/mol. The molecule has 74 valence electrons. The van der Waals surface area contributed by atoms with E-state index >= 15 is 0 Å². The maximum atomic E-state index is 4.22. The zero-order chi connectivity index (χ0) is 10.4. The number of aromatic nitrogens is 2. The molecule has 4 nitrogen and oxygen atoms in total. The summed E-state index contributed by atoms with van der Waals surface area (Å²) >= 11 is 3.40. The van der Waals surface area contributed by atoms with E-state index in [0.717, 1.165) is 26.8 Å². The van der Waals surface area contributed by atoms with E-state index in [2.05, 4.69) is 31.2 Å². The Morgan fingerprint density at radius 2 is 2.13 bits per heavy atom. The molecule has 3 rings (SSSR count). The summed E-state index contributed by atoms with van der Waals surface area (Å²) < 4.78 is 0.770. The highest BCUT2D eigenvalue weighted by Gasteiger charge is 2.16. The number of hydrazone groups is 1. The highest BCUT2D eigenvalue weighted by Crippen LogP contribution is 2.32. The van der Waals surface area contributed by atoms with Crippen molar-refractivity contribution in [2.24, 2.45) is 5.10 Å². The first-order valence-corrected chi connectivity index (χ1v) is 5.29. The normalized spacial score (nSPS) is 13.6. The van der Waals surface area contributed by atoms with Crippen LogP contribution in [0.3, 0.4) is 0 Å². The number of halogens is 1. The number of hydrogen-bond acceptors (Lipinski definition) is 4. The van der Waals surface area contributed by atoms with E-state index < -0.39 is 0 Å². The lowest BCUT2D eigenvalue weighted by atomic mass is 10.1. The van der Waals surface area contributed by atoms with E-state index in [9.17, 15) is 0 Å². The topological polar surface area (TPSA) is 41.4 Å². The largest absolute Gasteiger partial charge is 0.249 e. The first kappa shape index (κ1) is 8.79. The van der Waals surface area contributed by atoms with Gasteiger partial charge in [-0.15, -0.1) is 10.2 Å². The Morgan fingerprint density at radius 1 is 1.27 bits per heavy atom. The van der Waals surface area contributed by atoms with Gasteiger partial charge in [-0.1, -0.05) is 18.2 Å². The zero-order valence-corrected chi connectivity index (χ0v) is 9.56. The Labute approximate surface area is 94.7 Å². The molecule has 1 aliphatic rings. The molecule has 1 aromatic carbocycles. The Morgan fingerprint density at radius 3 is 3.00 bits per heavy atom. The molecule has 1 aliphatic heterocycles. The minimum atomic E-state index is 0.770. The van der Waals surface area contributed by atoms with Crippen molar-refractivity contribution >= 4 is 38.7 Å². The molecule has 15 heavy (non-hydrogen) atoms. The molecule has 0 aliphatic carbocycles. The van der Waals surface area contributed by atoms with Gasteiger partial charge in [-0.25, -0.2) is 5.01 Å². The van der Waals surface area contributed by atoms with Gasteiger partial charge in [-0.3, -0.25) is 0 Å². The summed E-state index contributed by atoms with van der Waals surface area (Å²) in [7, 11) is 1.86. The van der Waals surface area contributed by atoms with Gasteiger partial charge in [0, 0.05) is 23.4 Å². The summed E-state index contributed by atoms with van der Waals surface area (Å²) in [4.78, 5) is 0. The van der Waals surface area contributed by atoms with Crippen molar-refractivity contribution in [3.05, 3.63) is 28.4 Å². The van der Waals surface area contributed by atoms with Crippen LogP contribution in [0.5, 0.6) is 0 Å². The second-order valence-corrected chi connectivity index (χ2v) is 4.10. The second-order valence-electron chi connectivity index (χ2n) is 3.35. The lowest BCUT2D eigenvalue weighted by Crippen LogP contribution is -2.16. The SMILES string of the molecule is CN1N=Cc2cccc3c(Br)nnc1c23. The molecule has 2 aromatic rings. The molecule has 0 N–H and O–H groups in total. The van der Waals surface area contributed by atoms with Crippen molar-refractivity contribution in [2.75, 3.05) is 12.1 Å². The van der Waals surface area contributed by atoms with Crippen LogP contribution in [0.4, 0.5) is 5.82 Å². The number of hydrogen-bond donors (Lipinski definition) is 0. The third-order valence-electron chi connectivity index (χ3n) is 2.45. The monoisotopic (exact) mass is 262 g/mol. The van der Waals surface area contributed by atoms with Gasteiger partial charge in [0.05, 0.1) is 6.21 Å². The van der Waals surface area contributed by atoms with Crippen LogP contribution in [0.15, 0.2) is 27.9 Å². The molecular formula is C10H7BrN4. The van der Waals surface area contributed by atoms with Crippen LogP contribution in [0, 0.1) is 0 Å². The highest BCUT2D eigenvalue weighted by molar-refractivity contribution is 9.10. The molecule has 0 atom stereocenters. The van der Waals surface area contributed by atoms with Crippen molar-refractivity contribution in [3.63, 3.8) is 0 Å². The molecule has 1 aromatic heterocycles. The Balaban J connectivity index is 2.53. The van der Waals surface area contributed by atoms with Crippen LogP contribution >= 0.6 is 15.9 Å². The van der Waals surface area contributed by atoms with Crippen LogP contribution in [0.25, 0.3) is 10.8 Å². The predicted octanol–water partition coefficient (Wildman–Crippen LogP) is 2.18. The van der Waals surface area contributed by atoms with Crippen molar-refractivity contribution < 1.29 is 0 Å². The van der Waals surface area contributed by atoms with E-state index in [-0.39, 0.29) is 0 Å². The van der Waals surface area contributed by atoms with Crippen LogP contribution in [-0.2, 0) is 0 Å². The Kier molecular flexibility index (Phi) is 1.76. The molecule has 0 spiro atoms. The van der Waals surface area contributed by atoms with Gasteiger partial charge < -0.3 is 0 Å². The number of nitrogens with zero attached hydrogens (tertiary/aromatic N) is 4. The zero-order valence-electron chi connectivity index (χ0n) is 7.98. The van der Waals surface area contributed by atoms with Gasteiger partial charge in [0.25, 0.3) is 0 Å². The fourth-order valence-electron chi connectivity index (χ4n) is 1.72. The predicted molar refractivity (Wildman–Crippen MR) is 63.2 cm³/mol. The number of rotatable bonds is 0. The van der Waals surface area contributed by atoms with Crippen molar-refractivity contribution in [1.29, 1.82) is 0 Å². The van der Waals surface area contributed by atoms with E-state index in [1.54, 1.807) is 5.01 Å². The number of anilines is 1. The van der Waals surface area contributed by atoms with Crippen LogP contribution < -0.4 is 5.01 Å². The molecule has 0 saturated carbocycles. The van der Waals surface area contributed by atoms with E-state index in [4.69, 9.17) is 0 Å². The van der Waals surface area contributed by atoms with Crippen molar-refractivity contribution in [3.8, 4) is 0 Å². The van der Waals surface area contributed by atoms with Crippen LogP contribution in [0.2, 0.25) is 0 Å². The van der Waals surface area contributed by atoms with Gasteiger partial charge in [0.15, 0.2) is 5.82 Å². The minimum absolute atomic E-state index is 0.770. The van der Waals surface area contributed by atoms with Crippen molar-refractivity contribution in [1.82, 2.24) is 10.2 Å². The highest BCUT2D eigenvalue weighted by atomic mass is 79.9. The van der Waals surface area contributed by atoms with E-state index in [1.165, 1.54) is 0 Å². The number of benzene rings is 1. The van der Waals surface area contributed by atoms with Gasteiger partial charge >= 0.3 is 0 Å². The van der Waals surface area contributed by atoms with Gasteiger partial charge in [-0.2, -0.15) is 5.10 Å². The molecule has 5 heteroatoms. The van der Waals surface area contributed by atoms with E-state index in [1.807, 2.05) is 31.5 Å². The van der Waals surface area contributed by atoms with E-state index in [0.29, 0.717) is 0 Å². The summed E-state index contributed by atoms with van der Waals surface area (Å²) in [6.07, 6.45) is 1.84. The third-order valence-corrected chi connectivity index (χ3v) is 3.04.